The van der Waals surface area contributed by atoms with Crippen LogP contribution in [0.4, 0.5) is 11.5 Å². The molecule has 2 aromatic carbocycles. The van der Waals surface area contributed by atoms with Gasteiger partial charge in [-0.25, -0.2) is 9.97 Å². The number of nitrogens with one attached hydrogen (secondary N) is 2. The topological polar surface area (TPSA) is 66.9 Å². The van der Waals surface area contributed by atoms with E-state index in [0.29, 0.717) is 11.5 Å². The van der Waals surface area contributed by atoms with Crippen molar-refractivity contribution >= 4 is 17.4 Å². The highest BCUT2D eigenvalue weighted by Crippen LogP contribution is 2.21. The number of hydrogen-bond donors (Lipinski definition) is 2. The van der Waals surface area contributed by atoms with Crippen LogP contribution < -0.4 is 10.6 Å². The number of aromatic nitrogens is 2. The molecule has 0 aliphatic carbocycles. The first-order chi connectivity index (χ1) is 13.2. The number of amides is 1. The molecule has 3 rings (SSSR count). The molecule has 1 amide bonds. The fourth-order valence-electron chi connectivity index (χ4n) is 2.94. The summed E-state index contributed by atoms with van der Waals surface area (Å²) in [6.45, 7) is 4.80. The lowest BCUT2D eigenvalue weighted by Crippen LogP contribution is -2.17. The Morgan fingerprint density at radius 1 is 1.04 bits per heavy atom. The molecule has 0 aliphatic rings. The highest BCUT2D eigenvalue weighted by Gasteiger charge is 2.12. The second kappa shape index (κ2) is 8.94. The summed E-state index contributed by atoms with van der Waals surface area (Å²) < 4.78 is 0. The van der Waals surface area contributed by atoms with E-state index < -0.39 is 0 Å². The molecule has 0 spiro atoms. The fourth-order valence-corrected chi connectivity index (χ4v) is 2.94. The zero-order valence-corrected chi connectivity index (χ0v) is 15.7. The first-order valence-corrected chi connectivity index (χ1v) is 9.17. The minimum Gasteiger partial charge on any atom is -0.370 e. The number of nitrogens with zero attached hydrogens (tertiary/aromatic N) is 2. The second-order valence-electron chi connectivity index (χ2n) is 6.37. The summed E-state index contributed by atoms with van der Waals surface area (Å²) in [4.78, 5) is 21.0. The van der Waals surface area contributed by atoms with Gasteiger partial charge in [0.05, 0.1) is 0 Å². The molecule has 5 nitrogen and oxygen atoms in total. The third kappa shape index (κ3) is 4.91. The summed E-state index contributed by atoms with van der Waals surface area (Å²) in [5.41, 5.74) is 4.61. The Hall–Kier alpha value is -3.21. The molecular formula is C22H24N4O. The van der Waals surface area contributed by atoms with Crippen LogP contribution in [0, 0.1) is 6.92 Å². The molecule has 0 fully saturated rings. The van der Waals surface area contributed by atoms with E-state index in [1.807, 2.05) is 43.3 Å². The van der Waals surface area contributed by atoms with Crippen molar-refractivity contribution in [1.29, 1.82) is 0 Å². The van der Waals surface area contributed by atoms with E-state index in [1.54, 1.807) is 6.07 Å². The Labute approximate surface area is 159 Å². The maximum atomic E-state index is 12.7. The monoisotopic (exact) mass is 360 g/mol. The van der Waals surface area contributed by atoms with Crippen molar-refractivity contribution in [3.05, 3.63) is 83.3 Å². The predicted molar refractivity (Wildman–Crippen MR) is 109 cm³/mol. The van der Waals surface area contributed by atoms with Gasteiger partial charge in [0.2, 0.25) is 0 Å². The number of aryl methyl sites for hydroxylation is 2. The van der Waals surface area contributed by atoms with Crippen LogP contribution in [-0.2, 0) is 12.8 Å². The van der Waals surface area contributed by atoms with Gasteiger partial charge in [-0.3, -0.25) is 4.79 Å². The summed E-state index contributed by atoms with van der Waals surface area (Å²) in [5, 5.41) is 6.25. The van der Waals surface area contributed by atoms with Crippen LogP contribution in [0.3, 0.4) is 0 Å². The van der Waals surface area contributed by atoms with Crippen LogP contribution in [0.1, 0.15) is 34.1 Å². The minimum absolute atomic E-state index is 0.229. The molecule has 27 heavy (non-hydrogen) atoms. The van der Waals surface area contributed by atoms with Gasteiger partial charge in [0.15, 0.2) is 0 Å². The van der Waals surface area contributed by atoms with Crippen LogP contribution in [0.15, 0.2) is 60.9 Å². The molecule has 1 heterocycles. The van der Waals surface area contributed by atoms with Gasteiger partial charge in [0.1, 0.15) is 17.8 Å². The third-order valence-electron chi connectivity index (χ3n) is 4.44. The van der Waals surface area contributed by atoms with E-state index >= 15 is 0 Å². The molecule has 2 N–H and O–H groups in total. The Kier molecular flexibility index (Phi) is 6.15. The zero-order chi connectivity index (χ0) is 19.1. The summed E-state index contributed by atoms with van der Waals surface area (Å²) in [6.07, 6.45) is 3.15. The number of para-hydroxylation sites is 1. The normalized spacial score (nSPS) is 10.4. The zero-order valence-electron chi connectivity index (χ0n) is 15.7. The number of carbonyl (C=O) groups is 1. The quantitative estimate of drug-likeness (QED) is 0.661. The van der Waals surface area contributed by atoms with Gasteiger partial charge in [-0.2, -0.15) is 0 Å². The van der Waals surface area contributed by atoms with Crippen LogP contribution >= 0.6 is 0 Å². The van der Waals surface area contributed by atoms with Gasteiger partial charge in [-0.1, -0.05) is 55.5 Å². The Bertz CT molecular complexity index is 909. The van der Waals surface area contributed by atoms with Crippen molar-refractivity contribution in [1.82, 2.24) is 9.97 Å². The van der Waals surface area contributed by atoms with E-state index in [-0.39, 0.29) is 5.91 Å². The molecule has 0 radical (unpaired) electrons. The molecule has 1 aromatic heterocycles. The number of benzene rings is 2. The van der Waals surface area contributed by atoms with E-state index in [4.69, 9.17) is 0 Å². The summed E-state index contributed by atoms with van der Waals surface area (Å²) in [6, 6.07) is 17.9. The highest BCUT2D eigenvalue weighted by atomic mass is 16.1. The molecule has 0 saturated carbocycles. The number of carbonyl (C=O) groups excluding carboxylic acids is 1. The Balaban J connectivity index is 1.65. The second-order valence-corrected chi connectivity index (χ2v) is 6.37. The summed E-state index contributed by atoms with van der Waals surface area (Å²) in [5.74, 6) is 0.416. The molecule has 0 unspecified atom stereocenters. The highest BCUT2D eigenvalue weighted by molar-refractivity contribution is 6.04. The fraction of sp³-hybridized carbons (Fsp3) is 0.227. The minimum atomic E-state index is -0.229. The van der Waals surface area contributed by atoms with Gasteiger partial charge in [-0.15, -0.1) is 0 Å². The maximum absolute atomic E-state index is 12.7. The number of rotatable bonds is 7. The molecule has 0 atom stereocenters. The lowest BCUT2D eigenvalue weighted by atomic mass is 10.1. The largest absolute Gasteiger partial charge is 0.370 e. The van der Waals surface area contributed by atoms with Crippen molar-refractivity contribution in [2.75, 3.05) is 17.2 Å². The summed E-state index contributed by atoms with van der Waals surface area (Å²) >= 11 is 0. The lowest BCUT2D eigenvalue weighted by molar-refractivity contribution is 0.102. The van der Waals surface area contributed by atoms with E-state index in [2.05, 4.69) is 39.7 Å². The first-order valence-electron chi connectivity index (χ1n) is 9.17. The third-order valence-corrected chi connectivity index (χ3v) is 4.44. The predicted octanol–water partition coefficient (Wildman–Crippen LogP) is 4.25. The van der Waals surface area contributed by atoms with Crippen molar-refractivity contribution in [3.8, 4) is 0 Å². The first kappa shape index (κ1) is 18.6. The number of hydrogen-bond acceptors (Lipinski definition) is 4. The molecule has 138 valence electrons. The van der Waals surface area contributed by atoms with Crippen LogP contribution in [-0.4, -0.2) is 22.4 Å². The van der Waals surface area contributed by atoms with Gasteiger partial charge in [0.25, 0.3) is 5.91 Å². The van der Waals surface area contributed by atoms with Crippen LogP contribution in [0.5, 0.6) is 0 Å². The standard InChI is InChI=1S/C22H24N4O/c1-3-18-11-7-8-16(2)21(18)26-22(27)19-14-20(25-15-24-19)23-13-12-17-9-5-4-6-10-17/h4-11,14-15H,3,12-13H2,1-2H3,(H,26,27)(H,23,24,25). The molecule has 0 saturated heterocycles. The average Bonchev–Trinajstić information content (AvgIpc) is 2.70. The van der Waals surface area contributed by atoms with Gasteiger partial charge in [-0.05, 0) is 36.5 Å². The van der Waals surface area contributed by atoms with Gasteiger partial charge >= 0.3 is 0 Å². The van der Waals surface area contributed by atoms with Crippen LogP contribution in [0.25, 0.3) is 0 Å². The van der Waals surface area contributed by atoms with Gasteiger partial charge in [0, 0.05) is 18.3 Å². The van der Waals surface area contributed by atoms with Crippen molar-refractivity contribution in [2.24, 2.45) is 0 Å². The number of anilines is 2. The average molecular weight is 360 g/mol. The van der Waals surface area contributed by atoms with Gasteiger partial charge < -0.3 is 10.6 Å². The Morgan fingerprint density at radius 3 is 2.63 bits per heavy atom. The lowest BCUT2D eigenvalue weighted by Gasteiger charge is -2.13. The van der Waals surface area contributed by atoms with Crippen LogP contribution in [0.2, 0.25) is 0 Å². The summed E-state index contributed by atoms with van der Waals surface area (Å²) in [7, 11) is 0. The SMILES string of the molecule is CCc1cccc(C)c1NC(=O)c1cc(NCCc2ccccc2)ncn1. The maximum Gasteiger partial charge on any atom is 0.274 e. The molecule has 5 heteroatoms. The molecule has 0 bridgehead atoms. The molecule has 0 aliphatic heterocycles. The Morgan fingerprint density at radius 2 is 1.85 bits per heavy atom. The smallest absolute Gasteiger partial charge is 0.274 e. The van der Waals surface area contributed by atoms with Crippen molar-refractivity contribution in [3.63, 3.8) is 0 Å². The van der Waals surface area contributed by atoms with E-state index in [9.17, 15) is 4.79 Å². The molecular weight excluding hydrogens is 336 g/mol. The van der Waals surface area contributed by atoms with Crippen molar-refractivity contribution in [2.45, 2.75) is 26.7 Å². The van der Waals surface area contributed by atoms with E-state index in [0.717, 1.165) is 36.2 Å². The molecule has 3 aromatic rings. The van der Waals surface area contributed by atoms with E-state index in [1.165, 1.54) is 11.9 Å². The van der Waals surface area contributed by atoms with Crippen molar-refractivity contribution < 1.29 is 4.79 Å².